The minimum Gasteiger partial charge on any atom is -0.539 e. The van der Waals surface area contributed by atoms with Crippen LogP contribution in [0.3, 0.4) is 0 Å². The second-order valence-electron chi connectivity index (χ2n) is 3.25. The zero-order chi connectivity index (χ0) is 12.3. The van der Waals surface area contributed by atoms with Gasteiger partial charge in [-0.1, -0.05) is 28.4 Å². The van der Waals surface area contributed by atoms with E-state index in [1.807, 2.05) is 0 Å². The topological polar surface area (TPSA) is 82.1 Å². The molecule has 0 spiro atoms. The van der Waals surface area contributed by atoms with Crippen molar-refractivity contribution in [3.05, 3.63) is 35.5 Å². The maximum Gasteiger partial charge on any atom is 0.292 e. The molecule has 0 fully saturated rings. The number of anilines is 1. The number of hydrogen-bond donors (Lipinski definition) is 1. The molecule has 0 radical (unpaired) electrons. The molecule has 0 bridgehead atoms. The molecule has 7 heteroatoms. The Labute approximate surface area is 101 Å². The van der Waals surface area contributed by atoms with Gasteiger partial charge >= 0.3 is 0 Å². The lowest BCUT2D eigenvalue weighted by molar-refractivity contribution is -0.750. The summed E-state index contributed by atoms with van der Waals surface area (Å²) in [6.45, 7) is -0.114. The van der Waals surface area contributed by atoms with E-state index < -0.39 is 5.95 Å². The summed E-state index contributed by atoms with van der Waals surface area (Å²) in [4.78, 5) is 11.6. The predicted molar refractivity (Wildman–Crippen MR) is 56.2 cm³/mol. The number of carbonyl (C=O) groups excluding carboxylic acids is 1. The molecule has 2 aromatic rings. The van der Waals surface area contributed by atoms with Gasteiger partial charge in [-0.25, -0.2) is 0 Å². The van der Waals surface area contributed by atoms with Crippen LogP contribution < -0.4 is 15.1 Å². The SMILES string of the molecule is O=C(C[n+]1cc([O-])on1)Nc1ccccc1Cl. The standard InChI is InChI=1S/C10H8ClN3O3/c11-7-3-1-2-4-8(7)12-9(15)5-14-6-10(16)17-13-14/h1-4,6H,5H2,(H-,12,13,15,16). The number of nitrogens with zero attached hydrogens (tertiary/aromatic N) is 2. The Morgan fingerprint density at radius 2 is 2.29 bits per heavy atom. The predicted octanol–water partition coefficient (Wildman–Crippen LogP) is 0.328. The van der Waals surface area contributed by atoms with E-state index >= 15 is 0 Å². The van der Waals surface area contributed by atoms with Crippen molar-refractivity contribution in [3.8, 4) is 5.95 Å². The van der Waals surface area contributed by atoms with Crippen molar-refractivity contribution in [2.75, 3.05) is 5.32 Å². The summed E-state index contributed by atoms with van der Waals surface area (Å²) in [7, 11) is 0. The van der Waals surface area contributed by atoms with Crippen LogP contribution in [0.15, 0.2) is 35.0 Å². The van der Waals surface area contributed by atoms with Crippen LogP contribution in [-0.2, 0) is 11.3 Å². The first-order chi connectivity index (χ1) is 8.15. The first-order valence-electron chi connectivity index (χ1n) is 4.73. The van der Waals surface area contributed by atoms with Gasteiger partial charge in [0.25, 0.3) is 12.5 Å². The normalized spacial score (nSPS) is 10.2. The summed E-state index contributed by atoms with van der Waals surface area (Å²) in [5.41, 5.74) is 0.505. The van der Waals surface area contributed by atoms with Gasteiger partial charge in [-0.05, 0) is 12.1 Å². The van der Waals surface area contributed by atoms with Crippen molar-refractivity contribution in [2.24, 2.45) is 0 Å². The molecule has 17 heavy (non-hydrogen) atoms. The van der Waals surface area contributed by atoms with Crippen molar-refractivity contribution >= 4 is 23.2 Å². The van der Waals surface area contributed by atoms with E-state index in [-0.39, 0.29) is 12.5 Å². The van der Waals surface area contributed by atoms with E-state index in [9.17, 15) is 9.90 Å². The van der Waals surface area contributed by atoms with Gasteiger partial charge in [-0.2, -0.15) is 0 Å². The van der Waals surface area contributed by atoms with Crippen LogP contribution in [0.25, 0.3) is 0 Å². The first-order valence-corrected chi connectivity index (χ1v) is 5.11. The molecule has 2 rings (SSSR count). The number of para-hydroxylation sites is 1. The molecular formula is C10H8ClN3O3. The summed E-state index contributed by atoms with van der Waals surface area (Å²) in [5.74, 6) is -0.952. The highest BCUT2D eigenvalue weighted by molar-refractivity contribution is 6.33. The number of halogens is 1. The maximum absolute atomic E-state index is 11.6. The molecule has 0 aliphatic heterocycles. The van der Waals surface area contributed by atoms with Gasteiger partial charge in [0.05, 0.1) is 16.0 Å². The fourth-order valence-electron chi connectivity index (χ4n) is 1.24. The largest absolute Gasteiger partial charge is 0.539 e. The highest BCUT2D eigenvalue weighted by atomic mass is 35.5. The number of rotatable bonds is 3. The van der Waals surface area contributed by atoms with Crippen molar-refractivity contribution in [1.29, 1.82) is 0 Å². The molecule has 88 valence electrons. The van der Waals surface area contributed by atoms with E-state index in [0.717, 1.165) is 10.9 Å². The molecule has 6 nitrogen and oxygen atoms in total. The molecule has 0 unspecified atom stereocenters. The summed E-state index contributed by atoms with van der Waals surface area (Å²) < 4.78 is 5.40. The quantitative estimate of drug-likeness (QED) is 0.799. The fourth-order valence-corrected chi connectivity index (χ4v) is 1.42. The second kappa shape index (κ2) is 4.84. The molecule has 1 heterocycles. The zero-order valence-corrected chi connectivity index (χ0v) is 9.35. The summed E-state index contributed by atoms with van der Waals surface area (Å²) in [6.07, 6.45) is 1.09. The number of hydrogen-bond acceptors (Lipinski definition) is 4. The van der Waals surface area contributed by atoms with Gasteiger partial charge in [0.1, 0.15) is 5.95 Å². The van der Waals surface area contributed by atoms with Crippen molar-refractivity contribution in [3.63, 3.8) is 0 Å². The molecule has 1 aromatic carbocycles. The number of benzene rings is 1. The van der Waals surface area contributed by atoms with Crippen LogP contribution in [-0.4, -0.2) is 11.2 Å². The average Bonchev–Trinajstić information content (AvgIpc) is 2.67. The van der Waals surface area contributed by atoms with Gasteiger partial charge in [0, 0.05) is 0 Å². The molecule has 1 N–H and O–H groups in total. The van der Waals surface area contributed by atoms with Crippen molar-refractivity contribution in [2.45, 2.75) is 6.54 Å². The lowest BCUT2D eigenvalue weighted by atomic mass is 10.3. The Morgan fingerprint density at radius 3 is 2.94 bits per heavy atom. The Bertz CT molecular complexity index is 541. The van der Waals surface area contributed by atoms with Crippen LogP contribution in [0.5, 0.6) is 5.95 Å². The second-order valence-corrected chi connectivity index (χ2v) is 3.65. The lowest BCUT2D eigenvalue weighted by Crippen LogP contribution is -2.41. The Balaban J connectivity index is 2.01. The molecule has 1 aromatic heterocycles. The number of carbonyl (C=O) groups is 1. The lowest BCUT2D eigenvalue weighted by Gasteiger charge is -2.03. The number of aromatic nitrogens is 2. The minimum absolute atomic E-state index is 0.114. The molecule has 0 saturated heterocycles. The van der Waals surface area contributed by atoms with Gasteiger partial charge in [-0.15, -0.1) is 0 Å². The summed E-state index contributed by atoms with van der Waals surface area (Å²) in [6, 6.07) is 6.84. The monoisotopic (exact) mass is 253 g/mol. The van der Waals surface area contributed by atoms with E-state index in [1.165, 1.54) is 0 Å². The number of nitrogens with one attached hydrogen (secondary N) is 1. The summed E-state index contributed by atoms with van der Waals surface area (Å²) >= 11 is 5.87. The third-order valence-corrected chi connectivity index (χ3v) is 2.27. The minimum atomic E-state index is -0.601. The van der Waals surface area contributed by atoms with E-state index in [1.54, 1.807) is 24.3 Å². The zero-order valence-electron chi connectivity index (χ0n) is 8.59. The first kappa shape index (κ1) is 11.4. The highest BCUT2D eigenvalue weighted by Gasteiger charge is 2.13. The molecule has 1 amide bonds. The average molecular weight is 254 g/mol. The van der Waals surface area contributed by atoms with Crippen molar-refractivity contribution in [1.82, 2.24) is 5.27 Å². The Kier molecular flexibility index (Phi) is 3.24. The van der Waals surface area contributed by atoms with Crippen LogP contribution in [0.1, 0.15) is 0 Å². The molecule has 0 saturated carbocycles. The van der Waals surface area contributed by atoms with Gasteiger partial charge in [-0.3, -0.25) is 4.79 Å². The van der Waals surface area contributed by atoms with Crippen LogP contribution in [0, 0.1) is 0 Å². The van der Waals surface area contributed by atoms with E-state index in [2.05, 4.69) is 15.1 Å². The highest BCUT2D eigenvalue weighted by Crippen LogP contribution is 2.19. The van der Waals surface area contributed by atoms with Crippen LogP contribution in [0.2, 0.25) is 5.02 Å². The molecule has 0 aliphatic rings. The van der Waals surface area contributed by atoms with Gasteiger partial charge in [0.15, 0.2) is 0 Å². The third-order valence-electron chi connectivity index (χ3n) is 1.94. The molecule has 0 atom stereocenters. The Morgan fingerprint density at radius 1 is 1.53 bits per heavy atom. The van der Waals surface area contributed by atoms with Gasteiger partial charge in [0.2, 0.25) is 6.20 Å². The fraction of sp³-hybridized carbons (Fsp3) is 0.100. The van der Waals surface area contributed by atoms with Crippen LogP contribution >= 0.6 is 11.6 Å². The van der Waals surface area contributed by atoms with E-state index in [4.69, 9.17) is 11.6 Å². The molecule has 0 aliphatic carbocycles. The summed E-state index contributed by atoms with van der Waals surface area (Å²) in [5, 5.41) is 17.1. The van der Waals surface area contributed by atoms with Gasteiger partial charge < -0.3 is 14.9 Å². The smallest absolute Gasteiger partial charge is 0.292 e. The number of amides is 1. The van der Waals surface area contributed by atoms with Crippen molar-refractivity contribution < 1.29 is 19.1 Å². The van der Waals surface area contributed by atoms with E-state index in [0.29, 0.717) is 10.7 Å². The third kappa shape index (κ3) is 2.94. The molecular weight excluding hydrogens is 246 g/mol. The Hall–Kier alpha value is -2.08. The van der Waals surface area contributed by atoms with Crippen LogP contribution in [0.4, 0.5) is 5.69 Å². The maximum atomic E-state index is 11.6.